The van der Waals surface area contributed by atoms with Gasteiger partial charge in [-0.2, -0.15) is 0 Å². The largest absolute Gasteiger partial charge is 0.420 e. The molecule has 1 aliphatic rings. The summed E-state index contributed by atoms with van der Waals surface area (Å²) in [6.45, 7) is 2.25. The summed E-state index contributed by atoms with van der Waals surface area (Å²) in [5, 5.41) is 0. The first-order valence-electron chi connectivity index (χ1n) is 11.6. The van der Waals surface area contributed by atoms with Gasteiger partial charge in [-0.1, -0.05) is 51.5 Å². The van der Waals surface area contributed by atoms with Crippen LogP contribution in [0.3, 0.4) is 0 Å². The van der Waals surface area contributed by atoms with E-state index >= 15 is 0 Å². The summed E-state index contributed by atoms with van der Waals surface area (Å²) in [4.78, 5) is 12.3. The molecule has 31 heavy (non-hydrogen) atoms. The normalized spacial score (nSPS) is 18.6. The molecule has 0 unspecified atom stereocenters. The fraction of sp³-hybridized carbons (Fsp3) is 0.500. The lowest BCUT2D eigenvalue weighted by molar-refractivity contribution is 0.0728. The fourth-order valence-electron chi connectivity index (χ4n) is 4.63. The summed E-state index contributed by atoms with van der Waals surface area (Å²) in [7, 11) is 0. The number of rotatable bonds is 9. The van der Waals surface area contributed by atoms with E-state index in [1.165, 1.54) is 69.6 Å². The zero-order valence-electron chi connectivity index (χ0n) is 18.5. The Morgan fingerprint density at radius 1 is 0.968 bits per heavy atom. The number of ether oxygens (including phenoxy) is 1. The maximum atomic E-state index is 14.7. The maximum absolute atomic E-state index is 14.7. The summed E-state index contributed by atoms with van der Waals surface area (Å²) < 4.78 is 19.9. The molecule has 4 N–H and O–H groups in total. The van der Waals surface area contributed by atoms with Gasteiger partial charge >= 0.3 is 5.97 Å². The minimum Gasteiger partial charge on any atom is -0.420 e. The number of unbranched alkanes of at least 4 members (excludes halogenated alkanes) is 4. The first kappa shape index (κ1) is 23.1. The molecule has 0 radical (unpaired) electrons. The van der Waals surface area contributed by atoms with Crippen molar-refractivity contribution in [3.05, 3.63) is 53.3 Å². The zero-order chi connectivity index (χ0) is 22.2. The molecule has 1 aliphatic carbocycles. The van der Waals surface area contributed by atoms with Crippen LogP contribution in [0.4, 0.5) is 15.8 Å². The number of carbonyl (C=O) groups is 1. The highest BCUT2D eigenvalue weighted by Gasteiger charge is 2.23. The molecule has 168 valence electrons. The average Bonchev–Trinajstić information content (AvgIpc) is 2.75. The first-order valence-corrected chi connectivity index (χ1v) is 11.6. The van der Waals surface area contributed by atoms with Crippen LogP contribution >= 0.6 is 0 Å². The van der Waals surface area contributed by atoms with Crippen molar-refractivity contribution >= 4 is 17.3 Å². The van der Waals surface area contributed by atoms with E-state index in [0.717, 1.165) is 24.3 Å². The summed E-state index contributed by atoms with van der Waals surface area (Å²) in [6.07, 6.45) is 12.6. The van der Waals surface area contributed by atoms with Crippen LogP contribution in [-0.4, -0.2) is 5.97 Å². The second-order valence-electron chi connectivity index (χ2n) is 8.89. The van der Waals surface area contributed by atoms with Crippen LogP contribution in [0.5, 0.6) is 5.75 Å². The number of esters is 1. The summed E-state index contributed by atoms with van der Waals surface area (Å²) in [6, 6.07) is 9.44. The highest BCUT2D eigenvalue weighted by molar-refractivity contribution is 5.93. The van der Waals surface area contributed by atoms with Gasteiger partial charge in [0.2, 0.25) is 0 Å². The minimum atomic E-state index is -0.676. The predicted molar refractivity (Wildman–Crippen MR) is 125 cm³/mol. The number of hydrogen-bond donors (Lipinski definition) is 2. The van der Waals surface area contributed by atoms with Gasteiger partial charge in [-0.05, 0) is 73.4 Å². The topological polar surface area (TPSA) is 78.3 Å². The molecule has 1 saturated carbocycles. The molecule has 3 rings (SSSR count). The van der Waals surface area contributed by atoms with E-state index in [-0.39, 0.29) is 11.3 Å². The lowest BCUT2D eigenvalue weighted by Crippen LogP contribution is -2.14. The molecule has 5 heteroatoms. The summed E-state index contributed by atoms with van der Waals surface area (Å²) in [5.74, 6) is -0.0700. The number of anilines is 2. The van der Waals surface area contributed by atoms with Gasteiger partial charge in [-0.15, -0.1) is 0 Å². The second-order valence-corrected chi connectivity index (χ2v) is 8.89. The van der Waals surface area contributed by atoms with Crippen molar-refractivity contribution in [3.63, 3.8) is 0 Å². The average molecular weight is 427 g/mol. The summed E-state index contributed by atoms with van der Waals surface area (Å²) >= 11 is 0. The van der Waals surface area contributed by atoms with Gasteiger partial charge in [0.15, 0.2) is 11.6 Å². The van der Waals surface area contributed by atoms with Crippen LogP contribution in [-0.2, 0) is 0 Å². The highest BCUT2D eigenvalue weighted by Crippen LogP contribution is 2.38. The smallest absolute Gasteiger partial charge is 0.343 e. The molecule has 1 fully saturated rings. The molecule has 0 bridgehead atoms. The lowest BCUT2D eigenvalue weighted by Gasteiger charge is -2.29. The van der Waals surface area contributed by atoms with Crippen LogP contribution in [0.2, 0.25) is 0 Å². The third kappa shape index (κ3) is 6.71. The Morgan fingerprint density at radius 3 is 2.29 bits per heavy atom. The lowest BCUT2D eigenvalue weighted by atomic mass is 9.77. The van der Waals surface area contributed by atoms with Crippen molar-refractivity contribution < 1.29 is 13.9 Å². The molecule has 0 aliphatic heterocycles. The van der Waals surface area contributed by atoms with Crippen molar-refractivity contribution in [2.45, 2.75) is 77.0 Å². The number of nitrogen functional groups attached to an aromatic ring is 2. The summed E-state index contributed by atoms with van der Waals surface area (Å²) in [5.41, 5.74) is 13.4. The van der Waals surface area contributed by atoms with Gasteiger partial charge in [0.1, 0.15) is 0 Å². The molecular weight excluding hydrogens is 391 g/mol. The minimum absolute atomic E-state index is 0.0736. The molecule has 2 aromatic rings. The number of nitrogens with two attached hydrogens (primary N) is 2. The Morgan fingerprint density at radius 2 is 1.65 bits per heavy atom. The van der Waals surface area contributed by atoms with E-state index in [4.69, 9.17) is 16.2 Å². The van der Waals surface area contributed by atoms with E-state index in [0.29, 0.717) is 17.3 Å². The number of hydrogen-bond acceptors (Lipinski definition) is 4. The van der Waals surface area contributed by atoms with Crippen molar-refractivity contribution in [1.29, 1.82) is 0 Å². The van der Waals surface area contributed by atoms with E-state index in [9.17, 15) is 9.18 Å². The van der Waals surface area contributed by atoms with E-state index in [1.807, 2.05) is 6.07 Å². The Balaban J connectivity index is 1.52. The monoisotopic (exact) mass is 426 g/mol. The molecule has 0 saturated heterocycles. The van der Waals surface area contributed by atoms with E-state index < -0.39 is 11.8 Å². The molecule has 0 atom stereocenters. The molecule has 0 aromatic heterocycles. The Kier molecular flexibility index (Phi) is 8.33. The van der Waals surface area contributed by atoms with Gasteiger partial charge in [-0.3, -0.25) is 0 Å². The van der Waals surface area contributed by atoms with Gasteiger partial charge in [0.25, 0.3) is 0 Å². The van der Waals surface area contributed by atoms with Crippen molar-refractivity contribution in [1.82, 2.24) is 0 Å². The predicted octanol–water partition coefficient (Wildman–Crippen LogP) is 6.84. The Hall–Kier alpha value is -2.56. The SMILES string of the molecule is CCCCCCCC1CCC(c2ccc(OC(=O)c3cc(N)cc(N)c3)c(F)c2)CC1. The van der Waals surface area contributed by atoms with Gasteiger partial charge in [-0.25, -0.2) is 9.18 Å². The third-order valence-corrected chi connectivity index (χ3v) is 6.41. The van der Waals surface area contributed by atoms with Crippen molar-refractivity contribution in [3.8, 4) is 5.75 Å². The molecule has 0 amide bonds. The van der Waals surface area contributed by atoms with Gasteiger partial charge < -0.3 is 16.2 Å². The maximum Gasteiger partial charge on any atom is 0.343 e. The van der Waals surface area contributed by atoms with Crippen LogP contribution in [0.15, 0.2) is 36.4 Å². The quantitative estimate of drug-likeness (QED) is 0.199. The number of halogens is 1. The first-order chi connectivity index (χ1) is 15.0. The second kappa shape index (κ2) is 11.2. The Labute approximate surface area is 185 Å². The molecule has 0 spiro atoms. The van der Waals surface area contributed by atoms with Crippen LogP contribution in [0, 0.1) is 11.7 Å². The van der Waals surface area contributed by atoms with Gasteiger partial charge in [0.05, 0.1) is 5.56 Å². The van der Waals surface area contributed by atoms with Crippen molar-refractivity contribution in [2.24, 2.45) is 5.92 Å². The van der Waals surface area contributed by atoms with Crippen molar-refractivity contribution in [2.75, 3.05) is 11.5 Å². The number of carbonyl (C=O) groups excluding carboxylic acids is 1. The molecule has 4 nitrogen and oxygen atoms in total. The number of benzene rings is 2. The Bertz CT molecular complexity index is 855. The van der Waals surface area contributed by atoms with Crippen LogP contribution in [0.25, 0.3) is 0 Å². The van der Waals surface area contributed by atoms with Gasteiger partial charge in [0, 0.05) is 11.4 Å². The van der Waals surface area contributed by atoms with Crippen LogP contribution < -0.4 is 16.2 Å². The molecular formula is C26H35FN2O2. The fourth-order valence-corrected chi connectivity index (χ4v) is 4.63. The van der Waals surface area contributed by atoms with E-state index in [2.05, 4.69) is 6.92 Å². The highest BCUT2D eigenvalue weighted by atomic mass is 19.1. The van der Waals surface area contributed by atoms with E-state index in [1.54, 1.807) is 12.1 Å². The molecule has 0 heterocycles. The third-order valence-electron chi connectivity index (χ3n) is 6.41. The molecule has 2 aromatic carbocycles. The standard InChI is InChI=1S/C26H35FN2O2/c1-2-3-4-5-6-7-18-8-10-19(11-9-18)20-12-13-25(24(27)16-20)31-26(30)21-14-22(28)17-23(29)15-21/h12-19H,2-11,28-29H2,1H3. The zero-order valence-corrected chi connectivity index (χ0v) is 18.5. The van der Waals surface area contributed by atoms with Crippen LogP contribution in [0.1, 0.15) is 93.0 Å².